The molecule has 2 heterocycles. The van der Waals surface area contributed by atoms with Gasteiger partial charge in [0.1, 0.15) is 0 Å². The van der Waals surface area contributed by atoms with Crippen LogP contribution >= 0.6 is 0 Å². The van der Waals surface area contributed by atoms with Crippen molar-refractivity contribution < 1.29 is 9.53 Å². The predicted molar refractivity (Wildman–Crippen MR) is 57.6 cm³/mol. The molecule has 15 heavy (non-hydrogen) atoms. The van der Waals surface area contributed by atoms with E-state index in [-0.39, 0.29) is 5.92 Å². The van der Waals surface area contributed by atoms with Crippen LogP contribution in [0.2, 0.25) is 0 Å². The van der Waals surface area contributed by atoms with Crippen LogP contribution in [0.25, 0.3) is 0 Å². The van der Waals surface area contributed by atoms with Crippen molar-refractivity contribution in [1.29, 1.82) is 0 Å². The summed E-state index contributed by atoms with van der Waals surface area (Å²) in [4.78, 5) is 14.1. The largest absolute Gasteiger partial charge is 0.381 e. The van der Waals surface area contributed by atoms with Crippen molar-refractivity contribution in [2.24, 2.45) is 5.92 Å². The molecule has 4 nitrogen and oxygen atoms in total. The van der Waals surface area contributed by atoms with Gasteiger partial charge in [0.2, 0.25) is 5.91 Å². The molecule has 2 saturated heterocycles. The molecule has 2 aliphatic heterocycles. The molecule has 0 radical (unpaired) electrons. The normalized spacial score (nSPS) is 32.7. The van der Waals surface area contributed by atoms with Crippen LogP contribution in [0.1, 0.15) is 19.8 Å². The Morgan fingerprint density at radius 2 is 2.40 bits per heavy atom. The van der Waals surface area contributed by atoms with Gasteiger partial charge in [0.05, 0.1) is 12.5 Å². The fraction of sp³-hybridized carbons (Fsp3) is 0.909. The van der Waals surface area contributed by atoms with Crippen LogP contribution in [0.4, 0.5) is 0 Å². The van der Waals surface area contributed by atoms with Crippen LogP contribution in [0.3, 0.4) is 0 Å². The van der Waals surface area contributed by atoms with Crippen molar-refractivity contribution in [1.82, 2.24) is 10.2 Å². The zero-order valence-corrected chi connectivity index (χ0v) is 9.37. The van der Waals surface area contributed by atoms with Crippen molar-refractivity contribution in [3.63, 3.8) is 0 Å². The Kier molecular flexibility index (Phi) is 3.59. The Morgan fingerprint density at radius 1 is 1.53 bits per heavy atom. The highest BCUT2D eigenvalue weighted by Gasteiger charge is 2.28. The van der Waals surface area contributed by atoms with E-state index in [2.05, 4.69) is 12.2 Å². The van der Waals surface area contributed by atoms with E-state index in [1.54, 1.807) is 0 Å². The fourth-order valence-corrected chi connectivity index (χ4v) is 2.33. The first kappa shape index (κ1) is 10.9. The topological polar surface area (TPSA) is 41.6 Å². The van der Waals surface area contributed by atoms with Gasteiger partial charge < -0.3 is 15.0 Å². The third-order valence-corrected chi connectivity index (χ3v) is 3.19. The number of carbonyl (C=O) groups is 1. The molecule has 0 aromatic rings. The Balaban J connectivity index is 1.88. The Bertz CT molecular complexity index is 227. The number of carbonyl (C=O) groups excluding carboxylic acids is 1. The van der Waals surface area contributed by atoms with Gasteiger partial charge in [-0.15, -0.1) is 0 Å². The summed E-state index contributed by atoms with van der Waals surface area (Å²) in [6.45, 7) is 6.17. The number of amides is 1. The molecule has 2 fully saturated rings. The van der Waals surface area contributed by atoms with Gasteiger partial charge in [-0.2, -0.15) is 0 Å². The molecule has 0 aromatic carbocycles. The van der Waals surface area contributed by atoms with Gasteiger partial charge >= 0.3 is 0 Å². The van der Waals surface area contributed by atoms with E-state index in [9.17, 15) is 4.79 Å². The summed E-state index contributed by atoms with van der Waals surface area (Å²) < 4.78 is 5.36. The maximum atomic E-state index is 12.1. The van der Waals surface area contributed by atoms with E-state index in [0.29, 0.717) is 18.6 Å². The van der Waals surface area contributed by atoms with Crippen LogP contribution in [-0.4, -0.2) is 49.7 Å². The SMILES string of the molecule is C[C@H]1CN(C(=O)C2CCCOC2)CCN1. The maximum absolute atomic E-state index is 12.1. The van der Waals surface area contributed by atoms with Gasteiger partial charge in [0.25, 0.3) is 0 Å². The number of nitrogens with one attached hydrogen (secondary N) is 1. The molecule has 0 spiro atoms. The minimum atomic E-state index is 0.115. The van der Waals surface area contributed by atoms with E-state index in [0.717, 1.165) is 39.1 Å². The van der Waals surface area contributed by atoms with Gasteiger partial charge in [0, 0.05) is 32.3 Å². The monoisotopic (exact) mass is 212 g/mol. The first-order valence-corrected chi connectivity index (χ1v) is 5.87. The fourth-order valence-electron chi connectivity index (χ4n) is 2.33. The number of ether oxygens (including phenoxy) is 1. The highest BCUT2D eigenvalue weighted by molar-refractivity contribution is 5.79. The van der Waals surface area contributed by atoms with Crippen LogP contribution in [0.5, 0.6) is 0 Å². The molecule has 1 unspecified atom stereocenters. The van der Waals surface area contributed by atoms with Gasteiger partial charge in [-0.1, -0.05) is 0 Å². The van der Waals surface area contributed by atoms with Crippen molar-refractivity contribution in [2.75, 3.05) is 32.8 Å². The number of rotatable bonds is 1. The molecule has 0 aliphatic carbocycles. The van der Waals surface area contributed by atoms with E-state index in [4.69, 9.17) is 4.74 Å². The predicted octanol–water partition coefficient (Wildman–Crippen LogP) is 0.233. The molecule has 86 valence electrons. The molecule has 4 heteroatoms. The van der Waals surface area contributed by atoms with Gasteiger partial charge in [-0.3, -0.25) is 4.79 Å². The standard InChI is InChI=1S/C11H20N2O2/c1-9-7-13(5-4-12-9)11(14)10-3-2-6-15-8-10/h9-10,12H,2-8H2,1H3/t9-,10?/m0/s1. The van der Waals surface area contributed by atoms with Crippen LogP contribution in [0.15, 0.2) is 0 Å². The molecule has 0 saturated carbocycles. The summed E-state index contributed by atoms with van der Waals surface area (Å²) in [5.74, 6) is 0.409. The zero-order valence-electron chi connectivity index (χ0n) is 9.37. The van der Waals surface area contributed by atoms with Crippen LogP contribution in [-0.2, 0) is 9.53 Å². The maximum Gasteiger partial charge on any atom is 0.228 e. The third-order valence-electron chi connectivity index (χ3n) is 3.19. The highest BCUT2D eigenvalue weighted by Crippen LogP contribution is 2.17. The second-order valence-corrected chi connectivity index (χ2v) is 4.55. The Morgan fingerprint density at radius 3 is 3.07 bits per heavy atom. The second kappa shape index (κ2) is 4.94. The van der Waals surface area contributed by atoms with Crippen LogP contribution in [0, 0.1) is 5.92 Å². The molecule has 2 aliphatic rings. The lowest BCUT2D eigenvalue weighted by molar-refractivity contribution is -0.140. The summed E-state index contributed by atoms with van der Waals surface area (Å²) in [5, 5.41) is 3.34. The van der Waals surface area contributed by atoms with Crippen LogP contribution < -0.4 is 5.32 Å². The van der Waals surface area contributed by atoms with E-state index in [1.807, 2.05) is 4.90 Å². The van der Waals surface area contributed by atoms with Gasteiger partial charge in [-0.25, -0.2) is 0 Å². The number of nitrogens with zero attached hydrogens (tertiary/aromatic N) is 1. The van der Waals surface area contributed by atoms with Crippen molar-refractivity contribution >= 4 is 5.91 Å². The summed E-state index contributed by atoms with van der Waals surface area (Å²) in [6, 6.07) is 0.423. The molecule has 1 amide bonds. The van der Waals surface area contributed by atoms with Gasteiger partial charge in [-0.05, 0) is 19.8 Å². The summed E-state index contributed by atoms with van der Waals surface area (Å²) in [7, 11) is 0. The van der Waals surface area contributed by atoms with Crippen molar-refractivity contribution in [3.05, 3.63) is 0 Å². The van der Waals surface area contributed by atoms with Crippen molar-refractivity contribution in [3.8, 4) is 0 Å². The molecular formula is C11H20N2O2. The quantitative estimate of drug-likeness (QED) is 0.676. The van der Waals surface area contributed by atoms with Crippen molar-refractivity contribution in [2.45, 2.75) is 25.8 Å². The average molecular weight is 212 g/mol. The minimum absolute atomic E-state index is 0.115. The summed E-state index contributed by atoms with van der Waals surface area (Å²) >= 11 is 0. The minimum Gasteiger partial charge on any atom is -0.381 e. The smallest absolute Gasteiger partial charge is 0.228 e. The number of piperazine rings is 1. The first-order chi connectivity index (χ1) is 7.27. The van der Waals surface area contributed by atoms with E-state index < -0.39 is 0 Å². The molecule has 0 aromatic heterocycles. The third kappa shape index (κ3) is 2.69. The summed E-state index contributed by atoms with van der Waals surface area (Å²) in [5.41, 5.74) is 0. The first-order valence-electron chi connectivity index (χ1n) is 5.87. The summed E-state index contributed by atoms with van der Waals surface area (Å²) in [6.07, 6.45) is 2.02. The lowest BCUT2D eigenvalue weighted by atomic mass is 10.00. The van der Waals surface area contributed by atoms with E-state index >= 15 is 0 Å². The Labute approximate surface area is 91.0 Å². The average Bonchev–Trinajstić information content (AvgIpc) is 2.29. The van der Waals surface area contributed by atoms with Gasteiger partial charge in [0.15, 0.2) is 0 Å². The molecule has 1 N–H and O–H groups in total. The zero-order chi connectivity index (χ0) is 10.7. The molecule has 2 atom stereocenters. The number of hydrogen-bond donors (Lipinski definition) is 1. The number of hydrogen-bond acceptors (Lipinski definition) is 3. The molecule has 2 rings (SSSR count). The Hall–Kier alpha value is -0.610. The van der Waals surface area contributed by atoms with E-state index in [1.165, 1.54) is 0 Å². The lowest BCUT2D eigenvalue weighted by Crippen LogP contribution is -2.53. The lowest BCUT2D eigenvalue weighted by Gasteiger charge is -2.35. The molecular weight excluding hydrogens is 192 g/mol. The second-order valence-electron chi connectivity index (χ2n) is 4.55. The molecule has 0 bridgehead atoms. The highest BCUT2D eigenvalue weighted by atomic mass is 16.5.